The molecule has 1 atom stereocenters. The molecule has 1 aromatic carbocycles. The summed E-state index contributed by atoms with van der Waals surface area (Å²) in [5.74, 6) is -0.0957. The van der Waals surface area contributed by atoms with Gasteiger partial charge in [0.1, 0.15) is 21.7 Å². The lowest BCUT2D eigenvalue weighted by Gasteiger charge is -2.29. The molecule has 0 aromatic heterocycles. The summed E-state index contributed by atoms with van der Waals surface area (Å²) < 4.78 is 22.9. The van der Waals surface area contributed by atoms with Crippen LogP contribution < -0.4 is 10.6 Å². The number of carbonyl (C=O) groups is 2. The molecule has 2 N–H and O–H groups in total. The van der Waals surface area contributed by atoms with Crippen molar-refractivity contribution in [3.63, 3.8) is 0 Å². The summed E-state index contributed by atoms with van der Waals surface area (Å²) in [5, 5.41) is 6.43. The Kier molecular flexibility index (Phi) is 6.97. The van der Waals surface area contributed by atoms with Crippen molar-refractivity contribution in [1.82, 2.24) is 10.6 Å². The second-order valence-corrected chi connectivity index (χ2v) is 9.46. The van der Waals surface area contributed by atoms with Gasteiger partial charge in [0.15, 0.2) is 0 Å². The predicted octanol–water partition coefficient (Wildman–Crippen LogP) is 1.59. The Bertz CT molecular complexity index is 780. The minimum Gasteiger partial charge on any atom is -0.339 e. The van der Waals surface area contributed by atoms with Crippen molar-refractivity contribution in [2.45, 2.75) is 31.3 Å². The largest absolute Gasteiger partial charge is 0.339 e. The first-order chi connectivity index (χ1) is 12.2. The van der Waals surface area contributed by atoms with E-state index in [2.05, 4.69) is 10.6 Å². The van der Waals surface area contributed by atoms with E-state index in [0.717, 1.165) is 5.56 Å². The van der Waals surface area contributed by atoms with Crippen LogP contribution in [0.4, 0.5) is 0 Å². The zero-order valence-electron chi connectivity index (χ0n) is 14.6. The molecule has 0 aliphatic carbocycles. The van der Waals surface area contributed by atoms with Gasteiger partial charge < -0.3 is 15.4 Å². The summed E-state index contributed by atoms with van der Waals surface area (Å²) in [6.45, 7) is 1.86. The molecule has 142 valence electrons. The van der Waals surface area contributed by atoms with E-state index >= 15 is 0 Å². The zero-order chi connectivity index (χ0) is 19.2. The highest BCUT2D eigenvalue weighted by Crippen LogP contribution is 2.13. The van der Waals surface area contributed by atoms with Crippen molar-refractivity contribution in [2.24, 2.45) is 0 Å². The van der Waals surface area contributed by atoms with Crippen LogP contribution in [0.1, 0.15) is 25.3 Å². The summed E-state index contributed by atoms with van der Waals surface area (Å²) in [4.78, 5) is 23.6. The minimum atomic E-state index is -2.93. The topological polar surface area (TPSA) is 92.3 Å². The number of halogens is 1. The van der Waals surface area contributed by atoms with Crippen LogP contribution in [0.25, 0.3) is 6.08 Å². The number of benzene rings is 1. The SMILES string of the molecule is CC(C=O)(CNC1CCS(=O)(=O)CC1)NC(=O)C=Cc1cccc(Cl)c1. The Morgan fingerprint density at radius 2 is 2.04 bits per heavy atom. The fourth-order valence-electron chi connectivity index (χ4n) is 2.67. The van der Waals surface area contributed by atoms with E-state index in [1.165, 1.54) is 6.08 Å². The highest BCUT2D eigenvalue weighted by molar-refractivity contribution is 7.91. The van der Waals surface area contributed by atoms with Crippen molar-refractivity contribution in [3.8, 4) is 0 Å². The van der Waals surface area contributed by atoms with Gasteiger partial charge in [-0.1, -0.05) is 23.7 Å². The highest BCUT2D eigenvalue weighted by Gasteiger charge is 2.28. The molecule has 0 saturated carbocycles. The van der Waals surface area contributed by atoms with E-state index in [-0.39, 0.29) is 24.1 Å². The van der Waals surface area contributed by atoms with Crippen molar-refractivity contribution in [1.29, 1.82) is 0 Å². The molecule has 1 unspecified atom stereocenters. The third kappa shape index (κ3) is 6.55. The van der Waals surface area contributed by atoms with Gasteiger partial charge in [0, 0.05) is 23.7 Å². The average molecular weight is 399 g/mol. The lowest BCUT2D eigenvalue weighted by atomic mass is 10.0. The van der Waals surface area contributed by atoms with Gasteiger partial charge in [-0.3, -0.25) is 4.79 Å². The van der Waals surface area contributed by atoms with Crippen LogP contribution in [-0.4, -0.2) is 50.2 Å². The maximum Gasteiger partial charge on any atom is 0.244 e. The minimum absolute atomic E-state index is 0.0247. The fraction of sp³-hybridized carbons (Fsp3) is 0.444. The Morgan fingerprint density at radius 3 is 2.65 bits per heavy atom. The molecule has 6 nitrogen and oxygen atoms in total. The van der Waals surface area contributed by atoms with Crippen LogP contribution in [0.2, 0.25) is 5.02 Å². The molecule has 0 bridgehead atoms. The number of amides is 1. The Labute approximate surface area is 158 Å². The van der Waals surface area contributed by atoms with E-state index < -0.39 is 21.3 Å². The zero-order valence-corrected chi connectivity index (χ0v) is 16.1. The fourth-order valence-corrected chi connectivity index (χ4v) is 4.36. The molecule has 1 fully saturated rings. The first kappa shape index (κ1) is 20.6. The Morgan fingerprint density at radius 1 is 1.35 bits per heavy atom. The van der Waals surface area contributed by atoms with E-state index in [1.54, 1.807) is 31.2 Å². The first-order valence-electron chi connectivity index (χ1n) is 8.37. The molecule has 2 rings (SSSR count). The summed E-state index contributed by atoms with van der Waals surface area (Å²) >= 11 is 5.90. The maximum atomic E-state index is 12.1. The number of aldehydes is 1. The second kappa shape index (κ2) is 8.79. The molecule has 0 radical (unpaired) electrons. The number of hydrogen-bond donors (Lipinski definition) is 2. The Balaban J connectivity index is 1.88. The van der Waals surface area contributed by atoms with Crippen LogP contribution in [-0.2, 0) is 19.4 Å². The summed E-state index contributed by atoms with van der Waals surface area (Å²) in [6.07, 6.45) is 4.68. The molecule has 1 aromatic rings. The van der Waals surface area contributed by atoms with Crippen LogP contribution >= 0.6 is 11.6 Å². The number of sulfone groups is 1. The lowest BCUT2D eigenvalue weighted by molar-refractivity contribution is -0.122. The number of rotatable bonds is 7. The van der Waals surface area contributed by atoms with Crippen LogP contribution in [0, 0.1) is 0 Å². The summed E-state index contributed by atoms with van der Waals surface area (Å²) in [6, 6.07) is 7.08. The van der Waals surface area contributed by atoms with Gasteiger partial charge in [-0.2, -0.15) is 0 Å². The standard InChI is InChI=1S/C18H23ClN2O4S/c1-18(13-22,12-20-16-7-9-26(24,25)10-8-16)21-17(23)6-5-14-3-2-4-15(19)11-14/h2-6,11,13,16,20H,7-10,12H2,1H3,(H,21,23). The van der Waals surface area contributed by atoms with Gasteiger partial charge in [-0.15, -0.1) is 0 Å². The first-order valence-corrected chi connectivity index (χ1v) is 10.6. The molecular formula is C18H23ClN2O4S. The molecule has 1 heterocycles. The molecule has 1 aliphatic rings. The van der Waals surface area contributed by atoms with Gasteiger partial charge in [0.25, 0.3) is 0 Å². The van der Waals surface area contributed by atoms with Crippen molar-refractivity contribution in [3.05, 3.63) is 40.9 Å². The molecule has 1 saturated heterocycles. The second-order valence-electron chi connectivity index (χ2n) is 6.72. The van der Waals surface area contributed by atoms with E-state index in [4.69, 9.17) is 11.6 Å². The molecule has 8 heteroatoms. The third-order valence-electron chi connectivity index (χ3n) is 4.26. The predicted molar refractivity (Wildman–Crippen MR) is 103 cm³/mol. The third-order valence-corrected chi connectivity index (χ3v) is 6.21. The average Bonchev–Trinajstić information content (AvgIpc) is 2.59. The number of hydrogen-bond acceptors (Lipinski definition) is 5. The molecular weight excluding hydrogens is 376 g/mol. The normalized spacial score (nSPS) is 19.8. The van der Waals surface area contributed by atoms with Crippen LogP contribution in [0.3, 0.4) is 0 Å². The van der Waals surface area contributed by atoms with Crippen molar-refractivity contribution in [2.75, 3.05) is 18.1 Å². The van der Waals surface area contributed by atoms with Crippen molar-refractivity contribution >= 4 is 39.7 Å². The van der Waals surface area contributed by atoms with Gasteiger partial charge >= 0.3 is 0 Å². The van der Waals surface area contributed by atoms with Gasteiger partial charge in [-0.25, -0.2) is 8.42 Å². The summed E-state index contributed by atoms with van der Waals surface area (Å²) in [5.41, 5.74) is -0.298. The Hall–Kier alpha value is -1.70. The highest BCUT2D eigenvalue weighted by atomic mass is 35.5. The lowest BCUT2D eigenvalue weighted by Crippen LogP contribution is -2.55. The van der Waals surface area contributed by atoms with Gasteiger partial charge in [0.2, 0.25) is 5.91 Å². The quantitative estimate of drug-likeness (QED) is 0.537. The van der Waals surface area contributed by atoms with E-state index in [9.17, 15) is 18.0 Å². The van der Waals surface area contributed by atoms with E-state index in [1.807, 2.05) is 6.07 Å². The van der Waals surface area contributed by atoms with E-state index in [0.29, 0.717) is 24.2 Å². The number of carbonyl (C=O) groups excluding carboxylic acids is 2. The maximum absolute atomic E-state index is 12.1. The van der Waals surface area contributed by atoms with Crippen LogP contribution in [0.5, 0.6) is 0 Å². The smallest absolute Gasteiger partial charge is 0.244 e. The monoisotopic (exact) mass is 398 g/mol. The molecule has 1 amide bonds. The van der Waals surface area contributed by atoms with Crippen molar-refractivity contribution < 1.29 is 18.0 Å². The summed E-state index contributed by atoms with van der Waals surface area (Å²) in [7, 11) is -2.93. The number of nitrogens with one attached hydrogen (secondary N) is 2. The van der Waals surface area contributed by atoms with Crippen LogP contribution in [0.15, 0.2) is 30.3 Å². The molecule has 0 spiro atoms. The molecule has 1 aliphatic heterocycles. The molecule has 26 heavy (non-hydrogen) atoms. The van der Waals surface area contributed by atoms with Gasteiger partial charge in [0.05, 0.1) is 11.5 Å². The van der Waals surface area contributed by atoms with Gasteiger partial charge in [-0.05, 0) is 43.5 Å².